The van der Waals surface area contributed by atoms with Crippen LogP contribution in [0.1, 0.15) is 31.8 Å². The van der Waals surface area contributed by atoms with Crippen LogP contribution in [0.2, 0.25) is 0 Å². The van der Waals surface area contributed by atoms with Crippen LogP contribution in [-0.2, 0) is 0 Å². The third-order valence-electron chi connectivity index (χ3n) is 3.40. The lowest BCUT2D eigenvalue weighted by Gasteiger charge is -2.16. The van der Waals surface area contributed by atoms with Crippen LogP contribution < -0.4 is 11.3 Å². The summed E-state index contributed by atoms with van der Waals surface area (Å²) in [5.41, 5.74) is 5.12. The number of carboxylic acid groups (broad SMARTS) is 2. The summed E-state index contributed by atoms with van der Waals surface area (Å²) in [5.74, 6) is -3.30. The van der Waals surface area contributed by atoms with Gasteiger partial charge in [0.05, 0.1) is 0 Å². The highest BCUT2D eigenvalue weighted by Gasteiger charge is 2.28. The molecule has 1 aromatic carbocycles. The quantitative estimate of drug-likeness (QED) is 0.681. The zero-order valence-electron chi connectivity index (χ0n) is 11.9. The average Bonchev–Trinajstić information content (AvgIpc) is 2.36. The molecule has 0 aliphatic heterocycles. The van der Waals surface area contributed by atoms with Gasteiger partial charge in [-0.05, 0) is 30.5 Å². The highest BCUT2D eigenvalue weighted by Crippen LogP contribution is 2.33. The fraction of sp³-hybridized carbons (Fsp3) is 0.133. The number of carboxylic acids is 2. The number of aromatic nitrogens is 1. The van der Waals surface area contributed by atoms with Gasteiger partial charge < -0.3 is 20.9 Å². The molecule has 7 heteroatoms. The van der Waals surface area contributed by atoms with E-state index in [9.17, 15) is 24.6 Å². The number of anilines is 1. The number of rotatable bonds is 3. The summed E-state index contributed by atoms with van der Waals surface area (Å²) in [6, 6.07) is 5.17. The Morgan fingerprint density at radius 2 is 1.50 bits per heavy atom. The molecule has 0 aliphatic rings. The van der Waals surface area contributed by atoms with Crippen molar-refractivity contribution in [3.63, 3.8) is 0 Å². The second kappa shape index (κ2) is 5.36. The zero-order valence-corrected chi connectivity index (χ0v) is 11.9. The summed E-state index contributed by atoms with van der Waals surface area (Å²) in [6.45, 7) is 3.41. The first-order valence-corrected chi connectivity index (χ1v) is 6.34. The summed E-state index contributed by atoms with van der Waals surface area (Å²) >= 11 is 0. The summed E-state index contributed by atoms with van der Waals surface area (Å²) in [6.07, 6.45) is 0. The Kier molecular flexibility index (Phi) is 3.73. The Labute approximate surface area is 125 Å². The minimum Gasteiger partial charge on any atom is -0.478 e. The number of H-pyrrole nitrogens is 1. The highest BCUT2D eigenvalue weighted by molar-refractivity contribution is 6.08. The SMILES string of the molecule is Cc1cccc(C)c1-c1c(C(=O)O)c(N)[nH]c(=O)c1C(=O)O. The molecule has 0 spiro atoms. The number of pyridine rings is 1. The van der Waals surface area contributed by atoms with Crippen molar-refractivity contribution in [1.29, 1.82) is 0 Å². The number of aromatic amines is 1. The molecule has 0 saturated carbocycles. The summed E-state index contributed by atoms with van der Waals surface area (Å²) in [7, 11) is 0. The zero-order chi connectivity index (χ0) is 16.6. The molecule has 7 nitrogen and oxygen atoms in total. The van der Waals surface area contributed by atoms with E-state index in [4.69, 9.17) is 5.73 Å². The van der Waals surface area contributed by atoms with Gasteiger partial charge in [0.15, 0.2) is 0 Å². The van der Waals surface area contributed by atoms with Crippen LogP contribution in [-0.4, -0.2) is 27.1 Å². The van der Waals surface area contributed by atoms with E-state index < -0.39 is 28.6 Å². The number of nitrogen functional groups attached to an aromatic ring is 1. The van der Waals surface area contributed by atoms with Crippen molar-refractivity contribution in [2.75, 3.05) is 5.73 Å². The van der Waals surface area contributed by atoms with E-state index in [0.29, 0.717) is 16.7 Å². The average molecular weight is 302 g/mol. The molecule has 0 amide bonds. The fourth-order valence-electron chi connectivity index (χ4n) is 2.51. The lowest BCUT2D eigenvalue weighted by molar-refractivity contribution is 0.0695. The van der Waals surface area contributed by atoms with E-state index in [1.165, 1.54) is 0 Å². The van der Waals surface area contributed by atoms with Crippen molar-refractivity contribution < 1.29 is 19.8 Å². The van der Waals surface area contributed by atoms with Gasteiger partial charge in [-0.15, -0.1) is 0 Å². The molecule has 114 valence electrons. The Bertz CT molecular complexity index is 831. The van der Waals surface area contributed by atoms with Crippen molar-refractivity contribution >= 4 is 17.8 Å². The van der Waals surface area contributed by atoms with E-state index in [1.54, 1.807) is 32.0 Å². The van der Waals surface area contributed by atoms with Crippen LogP contribution in [0.4, 0.5) is 5.82 Å². The van der Waals surface area contributed by atoms with Gasteiger partial charge in [0.2, 0.25) is 0 Å². The van der Waals surface area contributed by atoms with Crippen molar-refractivity contribution in [2.24, 2.45) is 0 Å². The van der Waals surface area contributed by atoms with Crippen LogP contribution in [0.5, 0.6) is 0 Å². The first-order valence-electron chi connectivity index (χ1n) is 6.34. The lowest BCUT2D eigenvalue weighted by atomic mass is 9.89. The molecule has 0 unspecified atom stereocenters. The van der Waals surface area contributed by atoms with Gasteiger partial charge in [-0.25, -0.2) is 9.59 Å². The summed E-state index contributed by atoms with van der Waals surface area (Å²) in [5, 5.41) is 18.7. The number of benzene rings is 1. The van der Waals surface area contributed by atoms with Crippen molar-refractivity contribution in [1.82, 2.24) is 4.98 Å². The second-order valence-electron chi connectivity index (χ2n) is 4.87. The summed E-state index contributed by atoms with van der Waals surface area (Å²) < 4.78 is 0. The first kappa shape index (κ1) is 15.3. The van der Waals surface area contributed by atoms with Gasteiger partial charge >= 0.3 is 11.9 Å². The monoisotopic (exact) mass is 302 g/mol. The first-order chi connectivity index (χ1) is 10.3. The second-order valence-corrected chi connectivity index (χ2v) is 4.87. The predicted octanol–water partition coefficient (Wildman–Crippen LogP) is 1.64. The largest absolute Gasteiger partial charge is 0.478 e. The van der Waals surface area contributed by atoms with Crippen molar-refractivity contribution in [3.8, 4) is 11.1 Å². The Morgan fingerprint density at radius 3 is 1.95 bits per heavy atom. The molecule has 0 radical (unpaired) electrons. The van der Waals surface area contributed by atoms with Gasteiger partial charge in [-0.1, -0.05) is 18.2 Å². The third kappa shape index (κ3) is 2.32. The van der Waals surface area contributed by atoms with Gasteiger partial charge in [-0.2, -0.15) is 0 Å². The molecule has 0 atom stereocenters. The fourth-order valence-corrected chi connectivity index (χ4v) is 2.51. The smallest absolute Gasteiger partial charge is 0.342 e. The van der Waals surface area contributed by atoms with E-state index in [1.807, 2.05) is 0 Å². The Morgan fingerprint density at radius 1 is 1.00 bits per heavy atom. The molecule has 5 N–H and O–H groups in total. The molecule has 0 fully saturated rings. The van der Waals surface area contributed by atoms with Crippen LogP contribution >= 0.6 is 0 Å². The molecule has 1 heterocycles. The topological polar surface area (TPSA) is 133 Å². The maximum Gasteiger partial charge on any atom is 0.342 e. The maximum absolute atomic E-state index is 12.0. The lowest BCUT2D eigenvalue weighted by Crippen LogP contribution is -2.24. The highest BCUT2D eigenvalue weighted by atomic mass is 16.4. The number of carbonyl (C=O) groups is 2. The minimum atomic E-state index is -1.51. The van der Waals surface area contributed by atoms with Crippen LogP contribution in [0.15, 0.2) is 23.0 Å². The Hall–Kier alpha value is -3.09. The number of nitrogens with two attached hydrogens (primary N) is 1. The molecule has 1 aromatic heterocycles. The van der Waals surface area contributed by atoms with Crippen LogP contribution in [0.25, 0.3) is 11.1 Å². The van der Waals surface area contributed by atoms with Crippen LogP contribution in [0.3, 0.4) is 0 Å². The van der Waals surface area contributed by atoms with Crippen LogP contribution in [0, 0.1) is 13.8 Å². The van der Waals surface area contributed by atoms with E-state index in [-0.39, 0.29) is 11.4 Å². The predicted molar refractivity (Wildman–Crippen MR) is 80.3 cm³/mol. The molecule has 2 rings (SSSR count). The molecule has 0 bridgehead atoms. The van der Waals surface area contributed by atoms with Gasteiger partial charge in [-0.3, -0.25) is 4.79 Å². The number of nitrogens with one attached hydrogen (secondary N) is 1. The third-order valence-corrected chi connectivity index (χ3v) is 3.40. The van der Waals surface area contributed by atoms with E-state index in [0.717, 1.165) is 0 Å². The van der Waals surface area contributed by atoms with E-state index in [2.05, 4.69) is 4.98 Å². The van der Waals surface area contributed by atoms with Crippen molar-refractivity contribution in [2.45, 2.75) is 13.8 Å². The summed E-state index contributed by atoms with van der Waals surface area (Å²) in [4.78, 5) is 37.0. The number of hydrogen-bond donors (Lipinski definition) is 4. The Balaban J connectivity index is 3.10. The standard InChI is InChI=1S/C15H14N2O5/c1-6-4-3-5-7(2)8(6)9-10(14(19)20)12(16)17-13(18)11(9)15(21)22/h3-5H,1-2H3,(H,19,20)(H,21,22)(H3,16,17,18). The van der Waals surface area contributed by atoms with Gasteiger partial charge in [0.25, 0.3) is 5.56 Å². The van der Waals surface area contributed by atoms with E-state index >= 15 is 0 Å². The minimum absolute atomic E-state index is 0.170. The molecule has 2 aromatic rings. The number of hydrogen-bond acceptors (Lipinski definition) is 4. The molecule has 0 aliphatic carbocycles. The molecule has 0 saturated heterocycles. The van der Waals surface area contributed by atoms with Gasteiger partial charge in [0.1, 0.15) is 16.9 Å². The maximum atomic E-state index is 12.0. The molecular weight excluding hydrogens is 288 g/mol. The molecular formula is C15H14N2O5. The number of aromatic carboxylic acids is 2. The number of aryl methyl sites for hydroxylation is 2. The molecule has 22 heavy (non-hydrogen) atoms. The normalized spacial score (nSPS) is 10.5. The van der Waals surface area contributed by atoms with Gasteiger partial charge in [0, 0.05) is 5.56 Å². The van der Waals surface area contributed by atoms with Crippen molar-refractivity contribution in [3.05, 3.63) is 50.8 Å².